The topological polar surface area (TPSA) is 52.5 Å². The van der Waals surface area contributed by atoms with Crippen LogP contribution >= 0.6 is 15.9 Å². The molecule has 1 aromatic rings. The van der Waals surface area contributed by atoms with Crippen LogP contribution in [0.4, 0.5) is 10.1 Å². The summed E-state index contributed by atoms with van der Waals surface area (Å²) in [5, 5.41) is 20.7. The Bertz CT molecular complexity index is 395. The average molecular weight is 320 g/mol. The lowest BCUT2D eigenvalue weighted by atomic mass is 9.87. The first kappa shape index (κ1) is 15.4. The molecule has 0 bridgehead atoms. The summed E-state index contributed by atoms with van der Waals surface area (Å²) < 4.78 is 14.6. The molecule has 0 aromatic heterocycles. The Hall–Kier alpha value is -0.650. The van der Waals surface area contributed by atoms with Crippen LogP contribution in [0.2, 0.25) is 0 Å². The van der Waals surface area contributed by atoms with Gasteiger partial charge in [0.1, 0.15) is 5.82 Å². The molecule has 0 fully saturated rings. The number of benzene rings is 1. The highest BCUT2D eigenvalue weighted by atomic mass is 79.9. The van der Waals surface area contributed by atoms with E-state index in [0.29, 0.717) is 10.2 Å². The predicted octanol–water partition coefficient (Wildman–Crippen LogP) is 2.65. The molecule has 102 valence electrons. The third kappa shape index (κ3) is 3.93. The minimum Gasteiger partial charge on any atom is -0.394 e. The Kier molecular flexibility index (Phi) is 5.13. The van der Waals surface area contributed by atoms with Crippen molar-refractivity contribution in [1.82, 2.24) is 0 Å². The fourth-order valence-corrected chi connectivity index (χ4v) is 2.04. The second kappa shape index (κ2) is 5.99. The maximum Gasteiger partial charge on any atom is 0.147 e. The van der Waals surface area contributed by atoms with Crippen LogP contribution in [0.5, 0.6) is 0 Å². The minimum atomic E-state index is -0.904. The van der Waals surface area contributed by atoms with E-state index in [-0.39, 0.29) is 24.4 Å². The predicted molar refractivity (Wildman–Crippen MR) is 74.4 cm³/mol. The van der Waals surface area contributed by atoms with Gasteiger partial charge in [0.2, 0.25) is 0 Å². The number of aliphatic hydroxyl groups excluding tert-OH is 2. The third-order valence-corrected chi connectivity index (χ3v) is 3.26. The Morgan fingerprint density at radius 2 is 2.00 bits per heavy atom. The highest BCUT2D eigenvalue weighted by molar-refractivity contribution is 9.10. The lowest BCUT2D eigenvalue weighted by Crippen LogP contribution is -2.23. The first-order valence-corrected chi connectivity index (χ1v) is 6.57. The molecular weight excluding hydrogens is 301 g/mol. The van der Waals surface area contributed by atoms with E-state index in [4.69, 9.17) is 5.11 Å². The van der Waals surface area contributed by atoms with Gasteiger partial charge in [-0.15, -0.1) is 0 Å². The average Bonchev–Trinajstić information content (AvgIpc) is 2.26. The second-order valence-electron chi connectivity index (χ2n) is 5.28. The Labute approximate surface area is 115 Å². The van der Waals surface area contributed by atoms with Gasteiger partial charge in [-0.2, -0.15) is 0 Å². The van der Waals surface area contributed by atoms with Gasteiger partial charge in [0.25, 0.3) is 0 Å². The molecular formula is C13H19BrFNO2. The number of anilines is 1. The van der Waals surface area contributed by atoms with E-state index in [1.165, 1.54) is 6.07 Å². The van der Waals surface area contributed by atoms with Gasteiger partial charge in [0.15, 0.2) is 0 Å². The van der Waals surface area contributed by atoms with Crippen LogP contribution in [-0.2, 0) is 5.41 Å². The van der Waals surface area contributed by atoms with Gasteiger partial charge >= 0.3 is 0 Å². The monoisotopic (exact) mass is 319 g/mol. The van der Waals surface area contributed by atoms with Gasteiger partial charge in [0, 0.05) is 11.0 Å². The molecule has 3 nitrogen and oxygen atoms in total. The number of aliphatic hydroxyl groups is 2. The van der Waals surface area contributed by atoms with Gasteiger partial charge in [0.05, 0.1) is 18.4 Å². The standard InChI is InChI=1S/C13H19BrFNO2/c1-13(2,3)8-4-10(14)12(11(15)5-8)16-6-9(18)7-17/h4-5,9,16-18H,6-7H2,1-3H3. The van der Waals surface area contributed by atoms with Gasteiger partial charge in [-0.25, -0.2) is 4.39 Å². The van der Waals surface area contributed by atoms with Crippen molar-refractivity contribution in [2.75, 3.05) is 18.5 Å². The molecule has 0 amide bonds. The maximum atomic E-state index is 14.0. The van der Waals surface area contributed by atoms with Crippen LogP contribution in [0.1, 0.15) is 26.3 Å². The van der Waals surface area contributed by atoms with Crippen LogP contribution in [0.3, 0.4) is 0 Å². The van der Waals surface area contributed by atoms with Crippen molar-refractivity contribution < 1.29 is 14.6 Å². The molecule has 3 N–H and O–H groups in total. The van der Waals surface area contributed by atoms with E-state index in [9.17, 15) is 9.50 Å². The van der Waals surface area contributed by atoms with E-state index < -0.39 is 6.10 Å². The number of nitrogens with one attached hydrogen (secondary N) is 1. The zero-order valence-corrected chi connectivity index (χ0v) is 12.4. The molecule has 0 spiro atoms. The zero-order valence-electron chi connectivity index (χ0n) is 10.8. The van der Waals surface area contributed by atoms with Crippen molar-refractivity contribution >= 4 is 21.6 Å². The summed E-state index contributed by atoms with van der Waals surface area (Å²) in [7, 11) is 0. The summed E-state index contributed by atoms with van der Waals surface area (Å²) >= 11 is 3.32. The van der Waals surface area contributed by atoms with E-state index >= 15 is 0 Å². The van der Waals surface area contributed by atoms with Crippen molar-refractivity contribution in [3.8, 4) is 0 Å². The fraction of sp³-hybridized carbons (Fsp3) is 0.538. The van der Waals surface area contributed by atoms with Crippen LogP contribution in [-0.4, -0.2) is 29.5 Å². The molecule has 0 saturated heterocycles. The number of rotatable bonds is 4. The Morgan fingerprint density at radius 3 is 2.44 bits per heavy atom. The highest BCUT2D eigenvalue weighted by Gasteiger charge is 2.18. The van der Waals surface area contributed by atoms with E-state index in [1.54, 1.807) is 0 Å². The lowest BCUT2D eigenvalue weighted by molar-refractivity contribution is 0.105. The molecule has 1 unspecified atom stereocenters. The number of hydrogen-bond acceptors (Lipinski definition) is 3. The first-order valence-electron chi connectivity index (χ1n) is 5.78. The molecule has 0 radical (unpaired) electrons. The normalized spacial score (nSPS) is 13.5. The van der Waals surface area contributed by atoms with Gasteiger partial charge in [-0.1, -0.05) is 20.8 Å². The van der Waals surface area contributed by atoms with Crippen molar-refractivity contribution in [3.05, 3.63) is 28.0 Å². The minimum absolute atomic E-state index is 0.0981. The number of hydrogen-bond donors (Lipinski definition) is 3. The van der Waals surface area contributed by atoms with Gasteiger partial charge in [-0.05, 0) is 39.0 Å². The van der Waals surface area contributed by atoms with Gasteiger partial charge in [-0.3, -0.25) is 0 Å². The molecule has 0 aliphatic rings. The lowest BCUT2D eigenvalue weighted by Gasteiger charge is -2.21. The zero-order chi connectivity index (χ0) is 13.9. The summed E-state index contributed by atoms with van der Waals surface area (Å²) in [4.78, 5) is 0. The Morgan fingerprint density at radius 1 is 1.39 bits per heavy atom. The summed E-state index contributed by atoms with van der Waals surface area (Å²) in [6, 6.07) is 3.34. The van der Waals surface area contributed by atoms with Crippen LogP contribution in [0.15, 0.2) is 16.6 Å². The molecule has 5 heteroatoms. The largest absolute Gasteiger partial charge is 0.394 e. The van der Waals surface area contributed by atoms with Crippen molar-refractivity contribution in [1.29, 1.82) is 0 Å². The van der Waals surface area contributed by atoms with Crippen molar-refractivity contribution in [2.45, 2.75) is 32.3 Å². The SMILES string of the molecule is CC(C)(C)c1cc(F)c(NCC(O)CO)c(Br)c1. The maximum absolute atomic E-state index is 14.0. The summed E-state index contributed by atoms with van der Waals surface area (Å²) in [5.41, 5.74) is 1.06. The molecule has 1 aromatic carbocycles. The van der Waals surface area contributed by atoms with E-state index in [1.807, 2.05) is 26.8 Å². The van der Waals surface area contributed by atoms with Crippen LogP contribution in [0.25, 0.3) is 0 Å². The smallest absolute Gasteiger partial charge is 0.147 e. The molecule has 1 atom stereocenters. The first-order chi connectivity index (χ1) is 8.25. The van der Waals surface area contributed by atoms with Crippen LogP contribution in [0, 0.1) is 5.82 Å². The summed E-state index contributed by atoms with van der Waals surface area (Å²) in [6.07, 6.45) is -0.904. The van der Waals surface area contributed by atoms with Crippen molar-refractivity contribution in [3.63, 3.8) is 0 Å². The number of halogens is 2. The molecule has 0 heterocycles. The molecule has 0 aliphatic carbocycles. The Balaban J connectivity index is 2.95. The quantitative estimate of drug-likeness (QED) is 0.799. The van der Waals surface area contributed by atoms with Gasteiger partial charge < -0.3 is 15.5 Å². The fourth-order valence-electron chi connectivity index (χ4n) is 1.46. The second-order valence-corrected chi connectivity index (χ2v) is 6.14. The third-order valence-electron chi connectivity index (χ3n) is 2.63. The molecule has 0 aliphatic heterocycles. The van der Waals surface area contributed by atoms with Crippen LogP contribution < -0.4 is 5.32 Å². The summed E-state index contributed by atoms with van der Waals surface area (Å²) in [5.74, 6) is -0.376. The molecule has 1 rings (SSSR count). The molecule has 18 heavy (non-hydrogen) atoms. The van der Waals surface area contributed by atoms with Crippen molar-refractivity contribution in [2.24, 2.45) is 0 Å². The van der Waals surface area contributed by atoms with E-state index in [0.717, 1.165) is 5.56 Å². The van der Waals surface area contributed by atoms with E-state index in [2.05, 4.69) is 21.2 Å². The summed E-state index contributed by atoms with van der Waals surface area (Å²) in [6.45, 7) is 5.78. The highest BCUT2D eigenvalue weighted by Crippen LogP contribution is 2.32. The molecule has 0 saturated carbocycles.